The second-order valence-corrected chi connectivity index (χ2v) is 4.52. The van der Waals surface area contributed by atoms with Gasteiger partial charge in [-0.05, 0) is 41.8 Å². The molecule has 1 heterocycles. The Morgan fingerprint density at radius 3 is 2.80 bits per heavy atom. The van der Waals surface area contributed by atoms with E-state index in [1.807, 2.05) is 6.07 Å². The van der Waals surface area contributed by atoms with Gasteiger partial charge >= 0.3 is 6.03 Å². The van der Waals surface area contributed by atoms with Gasteiger partial charge in [-0.2, -0.15) is 5.10 Å². The lowest BCUT2D eigenvalue weighted by Crippen LogP contribution is -2.27. The van der Waals surface area contributed by atoms with E-state index >= 15 is 0 Å². The molecule has 0 aliphatic carbocycles. The minimum absolute atomic E-state index is 0.319. The van der Waals surface area contributed by atoms with Crippen LogP contribution in [0.3, 0.4) is 0 Å². The molecule has 1 aromatic carbocycles. The first-order chi connectivity index (χ1) is 9.74. The number of pyridine rings is 1. The molecule has 5 nitrogen and oxygen atoms in total. The van der Waals surface area contributed by atoms with E-state index in [0.29, 0.717) is 5.56 Å². The van der Waals surface area contributed by atoms with Crippen LogP contribution in [-0.2, 0) is 0 Å². The van der Waals surface area contributed by atoms with Crippen LogP contribution in [-0.4, -0.2) is 17.2 Å². The maximum absolute atomic E-state index is 12.7. The molecule has 2 N–H and O–H groups in total. The fourth-order valence-electron chi connectivity index (χ4n) is 1.25. The van der Waals surface area contributed by atoms with Crippen LogP contribution in [0, 0.1) is 5.82 Å². The SMILES string of the molecule is O=C(N/N=C/c1ccc(F)cc1)NSc1cccnc1. The van der Waals surface area contributed by atoms with Gasteiger partial charge in [-0.1, -0.05) is 12.1 Å². The van der Waals surface area contributed by atoms with Gasteiger partial charge in [-0.3, -0.25) is 9.71 Å². The summed E-state index contributed by atoms with van der Waals surface area (Å²) in [6.07, 6.45) is 4.71. The number of amides is 2. The van der Waals surface area contributed by atoms with E-state index in [4.69, 9.17) is 0 Å². The molecular weight excluding hydrogens is 279 g/mol. The molecule has 2 amide bonds. The van der Waals surface area contributed by atoms with Crippen LogP contribution in [0.1, 0.15) is 5.56 Å². The normalized spacial score (nSPS) is 10.4. The largest absolute Gasteiger partial charge is 0.345 e. The zero-order chi connectivity index (χ0) is 14.2. The fourth-order valence-corrected chi connectivity index (χ4v) is 1.77. The van der Waals surface area contributed by atoms with Gasteiger partial charge in [0, 0.05) is 17.3 Å². The fraction of sp³-hybridized carbons (Fsp3) is 0. The zero-order valence-electron chi connectivity index (χ0n) is 10.3. The van der Waals surface area contributed by atoms with Crippen molar-refractivity contribution in [1.29, 1.82) is 0 Å². The molecule has 0 aliphatic heterocycles. The van der Waals surface area contributed by atoms with Gasteiger partial charge in [0.25, 0.3) is 0 Å². The maximum Gasteiger partial charge on any atom is 0.345 e. The van der Waals surface area contributed by atoms with Crippen molar-refractivity contribution >= 4 is 24.2 Å². The average Bonchev–Trinajstić information content (AvgIpc) is 2.48. The number of nitrogens with zero attached hydrogens (tertiary/aromatic N) is 2. The molecule has 0 radical (unpaired) electrons. The van der Waals surface area contributed by atoms with Gasteiger partial charge in [0.2, 0.25) is 0 Å². The molecule has 0 aliphatic rings. The first-order valence-corrected chi connectivity index (χ1v) is 6.47. The lowest BCUT2D eigenvalue weighted by molar-refractivity contribution is 0.247. The van der Waals surface area contributed by atoms with Crippen LogP contribution >= 0.6 is 11.9 Å². The Kier molecular flexibility index (Phi) is 5.08. The van der Waals surface area contributed by atoms with Crippen LogP contribution in [0.15, 0.2) is 58.8 Å². The smallest absolute Gasteiger partial charge is 0.276 e. The maximum atomic E-state index is 12.7. The molecule has 1 aromatic heterocycles. The molecule has 102 valence electrons. The lowest BCUT2D eigenvalue weighted by Gasteiger charge is -2.02. The third kappa shape index (κ3) is 4.69. The summed E-state index contributed by atoms with van der Waals surface area (Å²) in [6.45, 7) is 0. The summed E-state index contributed by atoms with van der Waals surface area (Å²) >= 11 is 1.13. The van der Waals surface area contributed by atoms with Crippen molar-refractivity contribution in [2.75, 3.05) is 0 Å². The molecule has 7 heteroatoms. The van der Waals surface area contributed by atoms with Crippen molar-refractivity contribution in [2.24, 2.45) is 5.10 Å². The highest BCUT2D eigenvalue weighted by Gasteiger charge is 1.99. The molecule has 0 fully saturated rings. The van der Waals surface area contributed by atoms with Crippen LogP contribution in [0.4, 0.5) is 9.18 Å². The Balaban J connectivity index is 1.76. The van der Waals surface area contributed by atoms with Gasteiger partial charge in [0.15, 0.2) is 0 Å². The van der Waals surface area contributed by atoms with Crippen molar-refractivity contribution in [3.63, 3.8) is 0 Å². The van der Waals surface area contributed by atoms with Crippen molar-refractivity contribution in [3.05, 3.63) is 60.2 Å². The third-order valence-electron chi connectivity index (χ3n) is 2.15. The number of benzene rings is 1. The van der Waals surface area contributed by atoms with Gasteiger partial charge in [-0.15, -0.1) is 0 Å². The van der Waals surface area contributed by atoms with E-state index in [2.05, 4.69) is 20.2 Å². The average molecular weight is 290 g/mol. The Morgan fingerprint density at radius 1 is 1.30 bits per heavy atom. The Labute approximate surface area is 119 Å². The second-order valence-electron chi connectivity index (χ2n) is 3.64. The van der Waals surface area contributed by atoms with E-state index in [9.17, 15) is 9.18 Å². The predicted octanol–water partition coefficient (Wildman–Crippen LogP) is 2.56. The Bertz CT molecular complexity index is 589. The lowest BCUT2D eigenvalue weighted by atomic mass is 10.2. The number of hydrogen-bond acceptors (Lipinski definition) is 4. The van der Waals surface area contributed by atoms with Gasteiger partial charge in [-0.25, -0.2) is 14.6 Å². The summed E-state index contributed by atoms with van der Waals surface area (Å²) in [5.74, 6) is -0.319. The number of nitrogens with one attached hydrogen (secondary N) is 2. The van der Waals surface area contributed by atoms with Crippen LogP contribution in [0.5, 0.6) is 0 Å². The van der Waals surface area contributed by atoms with E-state index in [-0.39, 0.29) is 5.82 Å². The standard InChI is InChI=1S/C13H11FN4OS/c14-11-5-3-10(4-6-11)8-16-17-13(19)18-20-12-2-1-7-15-9-12/h1-9H,(H2,17,18,19)/b16-8+. The van der Waals surface area contributed by atoms with Gasteiger partial charge in [0.05, 0.1) is 6.21 Å². The van der Waals surface area contributed by atoms with E-state index in [1.165, 1.54) is 18.3 Å². The molecule has 20 heavy (non-hydrogen) atoms. The molecule has 2 aromatic rings. The van der Waals surface area contributed by atoms with Crippen LogP contribution in [0.2, 0.25) is 0 Å². The third-order valence-corrected chi connectivity index (χ3v) is 2.91. The molecular formula is C13H11FN4OS. The Morgan fingerprint density at radius 2 is 2.10 bits per heavy atom. The molecule has 0 saturated carbocycles. The van der Waals surface area contributed by atoms with Crippen molar-refractivity contribution < 1.29 is 9.18 Å². The molecule has 0 spiro atoms. The quantitative estimate of drug-likeness (QED) is 0.516. The van der Waals surface area contributed by atoms with E-state index in [0.717, 1.165) is 16.8 Å². The molecule has 2 rings (SSSR count). The number of rotatable bonds is 4. The molecule has 0 saturated heterocycles. The number of carbonyl (C=O) groups is 1. The predicted molar refractivity (Wildman–Crippen MR) is 75.8 cm³/mol. The minimum atomic E-state index is -0.461. The highest BCUT2D eigenvalue weighted by atomic mass is 32.2. The van der Waals surface area contributed by atoms with E-state index in [1.54, 1.807) is 30.6 Å². The topological polar surface area (TPSA) is 66.4 Å². The monoisotopic (exact) mass is 290 g/mol. The number of hydrazone groups is 1. The molecule has 0 unspecified atom stereocenters. The van der Waals surface area contributed by atoms with Gasteiger partial charge < -0.3 is 0 Å². The minimum Gasteiger partial charge on any atom is -0.276 e. The number of urea groups is 1. The summed E-state index contributed by atoms with van der Waals surface area (Å²) < 4.78 is 15.2. The summed E-state index contributed by atoms with van der Waals surface area (Å²) in [5.41, 5.74) is 2.99. The molecule has 0 atom stereocenters. The van der Waals surface area contributed by atoms with Gasteiger partial charge in [0.1, 0.15) is 5.82 Å². The number of aromatic nitrogens is 1. The van der Waals surface area contributed by atoms with Crippen molar-refractivity contribution in [1.82, 2.24) is 15.1 Å². The summed E-state index contributed by atoms with van der Waals surface area (Å²) in [5, 5.41) is 3.75. The Hall–Kier alpha value is -2.41. The highest BCUT2D eigenvalue weighted by molar-refractivity contribution is 7.98. The summed E-state index contributed by atoms with van der Waals surface area (Å²) in [7, 11) is 0. The summed E-state index contributed by atoms with van der Waals surface area (Å²) in [6, 6.07) is 8.89. The second kappa shape index (κ2) is 7.25. The van der Waals surface area contributed by atoms with Crippen LogP contribution in [0.25, 0.3) is 0 Å². The highest BCUT2D eigenvalue weighted by Crippen LogP contribution is 2.10. The number of halogens is 1. The molecule has 0 bridgehead atoms. The number of carbonyl (C=O) groups excluding carboxylic acids is 1. The van der Waals surface area contributed by atoms with Crippen molar-refractivity contribution in [2.45, 2.75) is 4.90 Å². The first kappa shape index (κ1) is 14.0. The van der Waals surface area contributed by atoms with E-state index < -0.39 is 6.03 Å². The zero-order valence-corrected chi connectivity index (χ0v) is 11.1. The van der Waals surface area contributed by atoms with Crippen molar-refractivity contribution in [3.8, 4) is 0 Å². The number of hydrogen-bond donors (Lipinski definition) is 2. The summed E-state index contributed by atoms with van der Waals surface area (Å²) in [4.78, 5) is 16.2. The van der Waals surface area contributed by atoms with Crippen LogP contribution < -0.4 is 10.1 Å². The first-order valence-electron chi connectivity index (χ1n) is 5.65.